The molecule has 0 saturated carbocycles. The third-order valence-corrected chi connectivity index (χ3v) is 2.37. The van der Waals surface area contributed by atoms with E-state index in [2.05, 4.69) is 0 Å². The van der Waals surface area contributed by atoms with Gasteiger partial charge in [0.15, 0.2) is 6.10 Å². The lowest BCUT2D eigenvalue weighted by molar-refractivity contribution is -0.124. The molecule has 0 aliphatic heterocycles. The number of carbonyl (C=O) groups is 1. The fourth-order valence-electron chi connectivity index (χ4n) is 1.36. The van der Waals surface area contributed by atoms with Crippen LogP contribution in [0.1, 0.15) is 31.9 Å². The van der Waals surface area contributed by atoms with E-state index in [9.17, 15) is 4.79 Å². The van der Waals surface area contributed by atoms with Crippen molar-refractivity contribution in [3.63, 3.8) is 0 Å². The monoisotopic (exact) mass is 222 g/mol. The predicted molar refractivity (Wildman–Crippen MR) is 62.9 cm³/mol. The molecule has 0 aliphatic carbocycles. The Balaban J connectivity index is 2.71. The first-order valence-electron chi connectivity index (χ1n) is 5.36. The Labute approximate surface area is 95.6 Å². The molecule has 1 rings (SSSR count). The molecule has 0 bridgehead atoms. The molecule has 1 unspecified atom stereocenters. The summed E-state index contributed by atoms with van der Waals surface area (Å²) in [6, 6.07) is 7.35. The highest BCUT2D eigenvalue weighted by Crippen LogP contribution is 2.17. The number of nitrogens with two attached hydrogens (primary N) is 2. The standard InChI is InChI=1S/C12H18N2O2/c1-3-11(12(14)15)16-10-6-4-9(5-7-10)8(2)13/h4-8,11H,3,13H2,1-2H3,(H2,14,15)/t8-,11?/m0/s1. The van der Waals surface area contributed by atoms with Crippen molar-refractivity contribution >= 4 is 5.91 Å². The predicted octanol–water partition coefficient (Wildman–Crippen LogP) is 1.35. The number of amides is 1. The van der Waals surface area contributed by atoms with Crippen molar-refractivity contribution in [1.29, 1.82) is 0 Å². The van der Waals surface area contributed by atoms with Crippen molar-refractivity contribution < 1.29 is 9.53 Å². The molecule has 0 spiro atoms. The number of hydrogen-bond donors (Lipinski definition) is 2. The van der Waals surface area contributed by atoms with Crippen LogP contribution in [-0.4, -0.2) is 12.0 Å². The van der Waals surface area contributed by atoms with E-state index < -0.39 is 12.0 Å². The maximum atomic E-state index is 11.0. The number of ether oxygens (including phenoxy) is 1. The van der Waals surface area contributed by atoms with Crippen molar-refractivity contribution in [3.8, 4) is 5.75 Å². The molecule has 4 heteroatoms. The third kappa shape index (κ3) is 3.24. The quantitative estimate of drug-likeness (QED) is 0.789. The molecule has 0 heterocycles. The summed E-state index contributed by atoms with van der Waals surface area (Å²) in [7, 11) is 0. The van der Waals surface area contributed by atoms with E-state index in [-0.39, 0.29) is 6.04 Å². The van der Waals surface area contributed by atoms with Crippen LogP contribution in [0, 0.1) is 0 Å². The van der Waals surface area contributed by atoms with Gasteiger partial charge in [0.05, 0.1) is 0 Å². The second-order valence-corrected chi connectivity index (χ2v) is 3.77. The maximum Gasteiger partial charge on any atom is 0.258 e. The Bertz CT molecular complexity index is 347. The van der Waals surface area contributed by atoms with Crippen LogP contribution in [-0.2, 0) is 4.79 Å². The average molecular weight is 222 g/mol. The summed E-state index contributed by atoms with van der Waals surface area (Å²) in [4.78, 5) is 11.0. The topological polar surface area (TPSA) is 78.3 Å². The van der Waals surface area contributed by atoms with Gasteiger partial charge in [-0.25, -0.2) is 0 Å². The van der Waals surface area contributed by atoms with Crippen LogP contribution in [0.3, 0.4) is 0 Å². The highest BCUT2D eigenvalue weighted by atomic mass is 16.5. The Kier molecular flexibility index (Phi) is 4.31. The van der Waals surface area contributed by atoms with Gasteiger partial charge in [0.25, 0.3) is 5.91 Å². The summed E-state index contributed by atoms with van der Waals surface area (Å²) in [6.07, 6.45) is -0.00848. The number of primary amides is 1. The lowest BCUT2D eigenvalue weighted by Crippen LogP contribution is -2.32. The van der Waals surface area contributed by atoms with Gasteiger partial charge in [-0.05, 0) is 31.0 Å². The van der Waals surface area contributed by atoms with E-state index in [1.54, 1.807) is 12.1 Å². The van der Waals surface area contributed by atoms with Crippen LogP contribution < -0.4 is 16.2 Å². The lowest BCUT2D eigenvalue weighted by Gasteiger charge is -2.14. The minimum atomic E-state index is -0.568. The van der Waals surface area contributed by atoms with Crippen molar-refractivity contribution in [2.45, 2.75) is 32.4 Å². The van der Waals surface area contributed by atoms with E-state index >= 15 is 0 Å². The zero-order valence-electron chi connectivity index (χ0n) is 9.64. The minimum Gasteiger partial charge on any atom is -0.481 e. The largest absolute Gasteiger partial charge is 0.481 e. The lowest BCUT2D eigenvalue weighted by atomic mass is 10.1. The molecule has 16 heavy (non-hydrogen) atoms. The summed E-state index contributed by atoms with van der Waals surface area (Å²) >= 11 is 0. The third-order valence-electron chi connectivity index (χ3n) is 2.37. The van der Waals surface area contributed by atoms with Gasteiger partial charge in [-0.1, -0.05) is 19.1 Å². The van der Waals surface area contributed by atoms with Crippen LogP contribution >= 0.6 is 0 Å². The SMILES string of the molecule is CCC(Oc1ccc([C@H](C)N)cc1)C(N)=O. The van der Waals surface area contributed by atoms with Crippen molar-refractivity contribution in [3.05, 3.63) is 29.8 Å². The van der Waals surface area contributed by atoms with Gasteiger partial charge in [0, 0.05) is 6.04 Å². The summed E-state index contributed by atoms with van der Waals surface area (Å²) < 4.78 is 5.44. The van der Waals surface area contributed by atoms with E-state index in [0.29, 0.717) is 12.2 Å². The number of carbonyl (C=O) groups excluding carboxylic acids is 1. The Morgan fingerprint density at radius 1 is 1.38 bits per heavy atom. The smallest absolute Gasteiger partial charge is 0.258 e. The van der Waals surface area contributed by atoms with E-state index in [1.807, 2.05) is 26.0 Å². The van der Waals surface area contributed by atoms with Gasteiger partial charge in [-0.3, -0.25) is 4.79 Å². The molecular formula is C12H18N2O2. The molecule has 0 radical (unpaired) electrons. The number of rotatable bonds is 5. The number of benzene rings is 1. The molecule has 2 atom stereocenters. The molecule has 1 amide bonds. The highest BCUT2D eigenvalue weighted by Gasteiger charge is 2.14. The van der Waals surface area contributed by atoms with Gasteiger partial charge in [0.1, 0.15) is 5.75 Å². The fourth-order valence-corrected chi connectivity index (χ4v) is 1.36. The average Bonchev–Trinajstić information content (AvgIpc) is 2.26. The van der Waals surface area contributed by atoms with E-state index in [4.69, 9.17) is 16.2 Å². The summed E-state index contributed by atoms with van der Waals surface area (Å²) in [5.74, 6) is 0.189. The molecule has 4 N–H and O–H groups in total. The van der Waals surface area contributed by atoms with Gasteiger partial charge in [-0.15, -0.1) is 0 Å². The van der Waals surface area contributed by atoms with Crippen molar-refractivity contribution in [2.24, 2.45) is 11.5 Å². The molecule has 0 saturated heterocycles. The molecule has 0 fully saturated rings. The van der Waals surface area contributed by atoms with E-state index in [1.165, 1.54) is 0 Å². The zero-order valence-corrected chi connectivity index (χ0v) is 9.64. The van der Waals surface area contributed by atoms with Crippen molar-refractivity contribution in [2.75, 3.05) is 0 Å². The molecule has 0 aliphatic rings. The molecule has 0 aromatic heterocycles. The van der Waals surface area contributed by atoms with Crippen molar-refractivity contribution in [1.82, 2.24) is 0 Å². The minimum absolute atomic E-state index is 0.00726. The Morgan fingerprint density at radius 3 is 2.31 bits per heavy atom. The van der Waals surface area contributed by atoms with Crippen LogP contribution in [0.2, 0.25) is 0 Å². The fraction of sp³-hybridized carbons (Fsp3) is 0.417. The first kappa shape index (κ1) is 12.5. The molecule has 1 aromatic carbocycles. The molecule has 88 valence electrons. The van der Waals surface area contributed by atoms with Crippen LogP contribution in [0.4, 0.5) is 0 Å². The molecular weight excluding hydrogens is 204 g/mol. The van der Waals surface area contributed by atoms with Gasteiger partial charge < -0.3 is 16.2 Å². The van der Waals surface area contributed by atoms with Crippen LogP contribution in [0.15, 0.2) is 24.3 Å². The second kappa shape index (κ2) is 5.51. The normalized spacial score (nSPS) is 14.2. The van der Waals surface area contributed by atoms with Gasteiger partial charge in [-0.2, -0.15) is 0 Å². The zero-order chi connectivity index (χ0) is 12.1. The van der Waals surface area contributed by atoms with Gasteiger partial charge in [0.2, 0.25) is 0 Å². The first-order valence-corrected chi connectivity index (χ1v) is 5.36. The Hall–Kier alpha value is -1.55. The molecule has 4 nitrogen and oxygen atoms in total. The summed E-state index contributed by atoms with van der Waals surface area (Å²) in [6.45, 7) is 3.76. The molecule has 1 aromatic rings. The summed E-state index contributed by atoms with van der Waals surface area (Å²) in [5.41, 5.74) is 11.9. The van der Waals surface area contributed by atoms with Gasteiger partial charge >= 0.3 is 0 Å². The van der Waals surface area contributed by atoms with Crippen LogP contribution in [0.25, 0.3) is 0 Å². The second-order valence-electron chi connectivity index (χ2n) is 3.77. The summed E-state index contributed by atoms with van der Waals surface area (Å²) in [5, 5.41) is 0. The highest BCUT2D eigenvalue weighted by molar-refractivity contribution is 5.79. The number of hydrogen-bond acceptors (Lipinski definition) is 3. The van der Waals surface area contributed by atoms with Crippen LogP contribution in [0.5, 0.6) is 5.75 Å². The first-order chi connectivity index (χ1) is 7.54. The van der Waals surface area contributed by atoms with E-state index in [0.717, 1.165) is 5.56 Å². The Morgan fingerprint density at radius 2 is 1.94 bits per heavy atom. The maximum absolute atomic E-state index is 11.0.